The van der Waals surface area contributed by atoms with E-state index in [0.717, 1.165) is 6.29 Å². The molecule has 0 saturated heterocycles. The van der Waals surface area contributed by atoms with Crippen LogP contribution in [0, 0.1) is 11.2 Å². The maximum Gasteiger partial charge on any atom is 0.259 e. The van der Waals surface area contributed by atoms with Crippen LogP contribution in [0.1, 0.15) is 21.8 Å². The van der Waals surface area contributed by atoms with E-state index in [4.69, 9.17) is 58.0 Å². The Hall–Kier alpha value is -2.02. The van der Waals surface area contributed by atoms with Gasteiger partial charge in [-0.2, -0.15) is 0 Å². The first kappa shape index (κ1) is 26.1. The smallest absolute Gasteiger partial charge is 0.259 e. The van der Waals surface area contributed by atoms with Gasteiger partial charge in [0.2, 0.25) is 0 Å². The Bertz CT molecular complexity index is 1300. The van der Waals surface area contributed by atoms with Crippen molar-refractivity contribution in [2.75, 3.05) is 23.8 Å². The van der Waals surface area contributed by atoms with Crippen molar-refractivity contribution in [3.05, 3.63) is 92.7 Å². The van der Waals surface area contributed by atoms with E-state index in [1.807, 2.05) is 0 Å². The van der Waals surface area contributed by atoms with Crippen molar-refractivity contribution in [2.45, 2.75) is 10.3 Å². The first-order valence-electron chi connectivity index (χ1n) is 10.4. The third kappa shape index (κ3) is 4.73. The minimum Gasteiger partial charge on any atom is -0.384 e. The Kier molecular flexibility index (Phi) is 7.29. The number of benzene rings is 3. The zero-order valence-electron chi connectivity index (χ0n) is 18.2. The third-order valence-electron chi connectivity index (χ3n) is 6.20. The average molecular weight is 575 g/mol. The molecule has 3 aromatic carbocycles. The molecule has 0 bridgehead atoms. The molecule has 1 N–H and O–H groups in total. The van der Waals surface area contributed by atoms with Crippen molar-refractivity contribution in [2.24, 2.45) is 5.41 Å². The van der Waals surface area contributed by atoms with Gasteiger partial charge in [-0.15, -0.1) is 0 Å². The maximum absolute atomic E-state index is 13.2. The van der Waals surface area contributed by atoms with Crippen LogP contribution in [0.25, 0.3) is 0 Å². The van der Waals surface area contributed by atoms with Crippen LogP contribution in [0.15, 0.2) is 60.7 Å². The summed E-state index contributed by atoms with van der Waals surface area (Å²) in [6.07, 6.45) is 0.734. The normalized spacial score (nSPS) is 20.3. The highest BCUT2D eigenvalue weighted by Gasteiger charge is 2.76. The van der Waals surface area contributed by atoms with Gasteiger partial charge in [-0.05, 0) is 60.2 Å². The standard InChI is InChI=1S/C25H18Cl5FN2O2/c1-33(17-6-3-15(31)4-7-17)23(35)18-11-16(5-9-19(18)26)32-12-24(13-34)22(25(24,29)30)14-2-8-20(27)21(28)10-14/h2-11,13,22,32H,12H2,1H3. The number of rotatable bonds is 7. The predicted molar refractivity (Wildman–Crippen MR) is 141 cm³/mol. The molecule has 1 fully saturated rings. The van der Waals surface area contributed by atoms with E-state index in [0.29, 0.717) is 27.0 Å². The second kappa shape index (κ2) is 9.79. The van der Waals surface area contributed by atoms with E-state index in [2.05, 4.69) is 5.32 Å². The molecule has 1 saturated carbocycles. The summed E-state index contributed by atoms with van der Waals surface area (Å²) in [6, 6.07) is 15.3. The molecule has 10 heteroatoms. The van der Waals surface area contributed by atoms with Crippen LogP contribution >= 0.6 is 58.0 Å². The van der Waals surface area contributed by atoms with Crippen LogP contribution in [-0.2, 0) is 4.79 Å². The molecule has 3 aromatic rings. The summed E-state index contributed by atoms with van der Waals surface area (Å²) < 4.78 is 11.9. The number of carbonyl (C=O) groups is 2. The number of hydrogen-bond acceptors (Lipinski definition) is 3. The van der Waals surface area contributed by atoms with Crippen molar-refractivity contribution in [1.82, 2.24) is 0 Å². The monoisotopic (exact) mass is 572 g/mol. The van der Waals surface area contributed by atoms with Crippen LogP contribution in [0.4, 0.5) is 15.8 Å². The molecular weight excluding hydrogens is 557 g/mol. The molecule has 1 aliphatic carbocycles. The van der Waals surface area contributed by atoms with Crippen molar-refractivity contribution < 1.29 is 14.0 Å². The summed E-state index contributed by atoms with van der Waals surface area (Å²) in [6.45, 7) is 0.0947. The van der Waals surface area contributed by atoms with E-state index in [1.165, 1.54) is 29.2 Å². The second-order valence-corrected chi connectivity index (χ2v) is 10.9. The molecule has 35 heavy (non-hydrogen) atoms. The number of carbonyl (C=O) groups excluding carboxylic acids is 2. The summed E-state index contributed by atoms with van der Waals surface area (Å²) in [5.74, 6) is -1.31. The minimum atomic E-state index is -1.37. The summed E-state index contributed by atoms with van der Waals surface area (Å²) in [5, 5.41) is 4.10. The largest absolute Gasteiger partial charge is 0.384 e. The fourth-order valence-corrected chi connectivity index (χ4v) is 5.57. The van der Waals surface area contributed by atoms with E-state index in [9.17, 15) is 14.0 Å². The molecule has 0 aromatic heterocycles. The molecule has 182 valence electrons. The van der Waals surface area contributed by atoms with Gasteiger partial charge in [-0.1, -0.05) is 64.1 Å². The number of halogens is 6. The third-order valence-corrected chi connectivity index (χ3v) is 8.41. The minimum absolute atomic E-state index is 0.0947. The van der Waals surface area contributed by atoms with Gasteiger partial charge in [0.1, 0.15) is 16.4 Å². The highest BCUT2D eigenvalue weighted by atomic mass is 35.5. The fraction of sp³-hybridized carbons (Fsp3) is 0.200. The van der Waals surface area contributed by atoms with Crippen molar-refractivity contribution in [1.29, 1.82) is 0 Å². The van der Waals surface area contributed by atoms with E-state index < -0.39 is 21.5 Å². The zero-order chi connectivity index (χ0) is 25.5. The SMILES string of the molecule is CN(C(=O)c1cc(NCC2(C=O)C(c3ccc(Cl)c(Cl)c3)C2(Cl)Cl)ccc1Cl)c1ccc(F)cc1. The van der Waals surface area contributed by atoms with Crippen LogP contribution in [0.2, 0.25) is 15.1 Å². The summed E-state index contributed by atoms with van der Waals surface area (Å²) in [7, 11) is 1.56. The Balaban J connectivity index is 1.55. The van der Waals surface area contributed by atoms with E-state index in [1.54, 1.807) is 43.4 Å². The zero-order valence-corrected chi connectivity index (χ0v) is 21.9. The molecular formula is C25H18Cl5FN2O2. The van der Waals surface area contributed by atoms with Gasteiger partial charge in [0.05, 0.1) is 26.0 Å². The molecule has 0 heterocycles. The summed E-state index contributed by atoms with van der Waals surface area (Å²) in [5.41, 5.74) is 0.814. The number of aldehydes is 1. The van der Waals surface area contributed by atoms with Gasteiger partial charge < -0.3 is 15.0 Å². The lowest BCUT2D eigenvalue weighted by molar-refractivity contribution is -0.112. The lowest BCUT2D eigenvalue weighted by Crippen LogP contribution is -2.27. The second-order valence-electron chi connectivity index (χ2n) is 8.28. The Labute approximate surface area is 226 Å². The highest BCUT2D eigenvalue weighted by molar-refractivity contribution is 6.54. The number of nitrogens with one attached hydrogen (secondary N) is 1. The van der Waals surface area contributed by atoms with Gasteiger partial charge in [-0.25, -0.2) is 4.39 Å². The first-order chi connectivity index (χ1) is 16.5. The Morgan fingerprint density at radius 2 is 1.66 bits per heavy atom. The number of hydrogen-bond donors (Lipinski definition) is 1. The van der Waals surface area contributed by atoms with Gasteiger partial charge in [0.25, 0.3) is 5.91 Å². The van der Waals surface area contributed by atoms with Crippen LogP contribution in [0.3, 0.4) is 0 Å². The number of alkyl halides is 2. The first-order valence-corrected chi connectivity index (χ1v) is 12.3. The molecule has 0 radical (unpaired) electrons. The summed E-state index contributed by atoms with van der Waals surface area (Å²) >= 11 is 31.6. The van der Waals surface area contributed by atoms with Crippen molar-refractivity contribution >= 4 is 81.6 Å². The van der Waals surface area contributed by atoms with Gasteiger partial charge in [0.15, 0.2) is 0 Å². The van der Waals surface area contributed by atoms with Crippen LogP contribution < -0.4 is 10.2 Å². The lowest BCUT2D eigenvalue weighted by atomic mass is 10.00. The number of nitrogens with zero attached hydrogens (tertiary/aromatic N) is 1. The predicted octanol–water partition coefficient (Wildman–Crippen LogP) is 7.63. The molecule has 2 atom stereocenters. The van der Waals surface area contributed by atoms with Gasteiger partial charge in [0, 0.05) is 30.9 Å². The highest BCUT2D eigenvalue weighted by Crippen LogP contribution is 2.73. The van der Waals surface area contributed by atoms with Gasteiger partial charge in [-0.3, -0.25) is 4.79 Å². The number of amides is 1. The molecule has 4 nitrogen and oxygen atoms in total. The maximum atomic E-state index is 13.2. The molecule has 4 rings (SSSR count). The quantitative estimate of drug-likeness (QED) is 0.233. The molecule has 2 unspecified atom stereocenters. The van der Waals surface area contributed by atoms with E-state index in [-0.39, 0.29) is 23.0 Å². The molecule has 1 amide bonds. The molecule has 0 spiro atoms. The summed E-state index contributed by atoms with van der Waals surface area (Å²) in [4.78, 5) is 26.6. The van der Waals surface area contributed by atoms with Crippen LogP contribution in [-0.4, -0.2) is 30.1 Å². The fourth-order valence-electron chi connectivity index (χ4n) is 4.09. The lowest BCUT2D eigenvalue weighted by Gasteiger charge is -2.19. The Morgan fingerprint density at radius 3 is 2.29 bits per heavy atom. The van der Waals surface area contributed by atoms with Crippen molar-refractivity contribution in [3.8, 4) is 0 Å². The van der Waals surface area contributed by atoms with Crippen LogP contribution in [0.5, 0.6) is 0 Å². The Morgan fingerprint density at radius 1 is 1.00 bits per heavy atom. The van der Waals surface area contributed by atoms with E-state index >= 15 is 0 Å². The topological polar surface area (TPSA) is 49.4 Å². The molecule has 0 aliphatic heterocycles. The molecule has 1 aliphatic rings. The number of anilines is 2. The van der Waals surface area contributed by atoms with Gasteiger partial charge >= 0.3 is 0 Å². The average Bonchev–Trinajstić information content (AvgIpc) is 3.34. The van der Waals surface area contributed by atoms with Crippen molar-refractivity contribution in [3.63, 3.8) is 0 Å².